The van der Waals surface area contributed by atoms with E-state index in [2.05, 4.69) is 5.32 Å². The molecule has 0 saturated carbocycles. The Labute approximate surface area is 125 Å². The van der Waals surface area contributed by atoms with E-state index < -0.39 is 10.8 Å². The molecule has 0 saturated heterocycles. The van der Waals surface area contributed by atoms with Crippen LogP contribution in [0.1, 0.15) is 5.56 Å². The van der Waals surface area contributed by atoms with Gasteiger partial charge in [-0.15, -0.1) is 0 Å². The first-order valence-electron chi connectivity index (χ1n) is 6.26. The van der Waals surface area contributed by atoms with Crippen LogP contribution in [0.2, 0.25) is 0 Å². The van der Waals surface area contributed by atoms with Crippen molar-refractivity contribution in [3.8, 4) is 11.8 Å². The smallest absolute Gasteiger partial charge is 0.310 e. The van der Waals surface area contributed by atoms with Crippen LogP contribution in [0.4, 0.5) is 11.4 Å². The van der Waals surface area contributed by atoms with E-state index in [1.54, 1.807) is 30.3 Å². The zero-order valence-corrected chi connectivity index (χ0v) is 11.4. The molecule has 1 amide bonds. The van der Waals surface area contributed by atoms with Gasteiger partial charge >= 0.3 is 5.69 Å². The SMILES string of the molecule is N#Cc1ccc(NC(=O)COc2ccccc2[N+](=O)[O-])cc1. The lowest BCUT2D eigenvalue weighted by Crippen LogP contribution is -2.20. The van der Waals surface area contributed by atoms with Gasteiger partial charge in [-0.05, 0) is 30.3 Å². The van der Waals surface area contributed by atoms with Crippen LogP contribution < -0.4 is 10.1 Å². The van der Waals surface area contributed by atoms with Crippen LogP contribution in [-0.4, -0.2) is 17.4 Å². The van der Waals surface area contributed by atoms with E-state index in [0.717, 1.165) is 0 Å². The summed E-state index contributed by atoms with van der Waals surface area (Å²) in [7, 11) is 0. The Morgan fingerprint density at radius 2 is 1.91 bits per heavy atom. The van der Waals surface area contributed by atoms with Crippen molar-refractivity contribution >= 4 is 17.3 Å². The van der Waals surface area contributed by atoms with Crippen LogP contribution in [0, 0.1) is 21.4 Å². The Morgan fingerprint density at radius 1 is 1.23 bits per heavy atom. The predicted molar refractivity (Wildman–Crippen MR) is 78.4 cm³/mol. The summed E-state index contributed by atoms with van der Waals surface area (Å²) in [5, 5.41) is 22.1. The molecule has 1 N–H and O–H groups in total. The van der Waals surface area contributed by atoms with Crippen LogP contribution in [0.3, 0.4) is 0 Å². The molecule has 0 radical (unpaired) electrons. The third-order valence-corrected chi connectivity index (χ3v) is 2.72. The molecule has 0 aliphatic carbocycles. The minimum absolute atomic E-state index is 0.0301. The summed E-state index contributed by atoms with van der Waals surface area (Å²) >= 11 is 0. The molecule has 0 aliphatic rings. The van der Waals surface area contributed by atoms with Gasteiger partial charge in [-0.1, -0.05) is 12.1 Å². The Morgan fingerprint density at radius 3 is 2.55 bits per heavy atom. The lowest BCUT2D eigenvalue weighted by molar-refractivity contribution is -0.385. The van der Waals surface area contributed by atoms with Crippen LogP contribution >= 0.6 is 0 Å². The highest BCUT2D eigenvalue weighted by atomic mass is 16.6. The number of hydrogen-bond donors (Lipinski definition) is 1. The Hall–Kier alpha value is -3.40. The van der Waals surface area contributed by atoms with Gasteiger partial charge in [-0.25, -0.2) is 0 Å². The third kappa shape index (κ3) is 3.80. The van der Waals surface area contributed by atoms with E-state index in [1.165, 1.54) is 18.2 Å². The second kappa shape index (κ2) is 6.85. The Balaban J connectivity index is 1.95. The number of rotatable bonds is 5. The van der Waals surface area contributed by atoms with Crippen molar-refractivity contribution in [2.24, 2.45) is 0 Å². The molecule has 7 heteroatoms. The van der Waals surface area contributed by atoms with Crippen LogP contribution in [0.25, 0.3) is 0 Å². The number of carbonyl (C=O) groups excluding carboxylic acids is 1. The Bertz CT molecular complexity index is 735. The first-order valence-corrected chi connectivity index (χ1v) is 6.26. The van der Waals surface area contributed by atoms with Crippen molar-refractivity contribution in [3.63, 3.8) is 0 Å². The van der Waals surface area contributed by atoms with Gasteiger partial charge in [-0.2, -0.15) is 5.26 Å². The second-order valence-electron chi connectivity index (χ2n) is 4.25. The maximum atomic E-state index is 11.8. The molecule has 22 heavy (non-hydrogen) atoms. The largest absolute Gasteiger partial charge is 0.477 e. The van der Waals surface area contributed by atoms with Crippen molar-refractivity contribution < 1.29 is 14.5 Å². The summed E-state index contributed by atoms with van der Waals surface area (Å²) in [5.74, 6) is -0.426. The number of nitro benzene ring substituents is 1. The molecule has 0 aliphatic heterocycles. The number of para-hydroxylation sites is 2. The molecule has 7 nitrogen and oxygen atoms in total. The first-order chi connectivity index (χ1) is 10.6. The maximum Gasteiger partial charge on any atom is 0.310 e. The average molecular weight is 297 g/mol. The lowest BCUT2D eigenvalue weighted by atomic mass is 10.2. The quantitative estimate of drug-likeness (QED) is 0.674. The van der Waals surface area contributed by atoms with Crippen LogP contribution in [0.5, 0.6) is 5.75 Å². The molecule has 0 fully saturated rings. The number of anilines is 1. The number of ether oxygens (including phenoxy) is 1. The zero-order valence-electron chi connectivity index (χ0n) is 11.4. The monoisotopic (exact) mass is 297 g/mol. The number of nitrogens with zero attached hydrogens (tertiary/aromatic N) is 2. The molecule has 0 spiro atoms. The van der Waals surface area contributed by atoms with E-state index in [1.807, 2.05) is 6.07 Å². The summed E-state index contributed by atoms with van der Waals surface area (Å²) in [5.41, 5.74) is 0.790. The molecular weight excluding hydrogens is 286 g/mol. The average Bonchev–Trinajstić information content (AvgIpc) is 2.54. The van der Waals surface area contributed by atoms with E-state index in [0.29, 0.717) is 11.3 Å². The van der Waals surface area contributed by atoms with Gasteiger partial charge in [0.1, 0.15) is 0 Å². The van der Waals surface area contributed by atoms with E-state index >= 15 is 0 Å². The fourth-order valence-corrected chi connectivity index (χ4v) is 1.70. The van der Waals surface area contributed by atoms with E-state index in [-0.39, 0.29) is 18.0 Å². The van der Waals surface area contributed by atoms with Crippen LogP contribution in [-0.2, 0) is 4.79 Å². The molecule has 0 atom stereocenters. The molecule has 0 unspecified atom stereocenters. The standard InChI is InChI=1S/C15H11N3O4/c16-9-11-5-7-12(8-6-11)17-15(19)10-22-14-4-2-1-3-13(14)18(20)21/h1-8H,10H2,(H,17,19). The second-order valence-corrected chi connectivity index (χ2v) is 4.25. The van der Waals surface area contributed by atoms with Gasteiger partial charge in [0.05, 0.1) is 16.6 Å². The van der Waals surface area contributed by atoms with Crippen LogP contribution in [0.15, 0.2) is 48.5 Å². The van der Waals surface area contributed by atoms with Gasteiger partial charge in [0.15, 0.2) is 12.4 Å². The highest BCUT2D eigenvalue weighted by Crippen LogP contribution is 2.25. The van der Waals surface area contributed by atoms with Crippen molar-refractivity contribution in [2.45, 2.75) is 0 Å². The van der Waals surface area contributed by atoms with Gasteiger partial charge in [-0.3, -0.25) is 14.9 Å². The van der Waals surface area contributed by atoms with Gasteiger partial charge in [0.25, 0.3) is 5.91 Å². The number of benzene rings is 2. The molecule has 0 heterocycles. The van der Waals surface area contributed by atoms with E-state index in [4.69, 9.17) is 10.00 Å². The molecule has 2 aromatic rings. The van der Waals surface area contributed by atoms with Crippen molar-refractivity contribution in [3.05, 3.63) is 64.2 Å². The predicted octanol–water partition coefficient (Wildman–Crippen LogP) is 2.48. The number of amides is 1. The Kier molecular flexibility index (Phi) is 4.67. The summed E-state index contributed by atoms with van der Waals surface area (Å²) in [6, 6.07) is 14.1. The van der Waals surface area contributed by atoms with Crippen molar-refractivity contribution in [2.75, 3.05) is 11.9 Å². The molecule has 0 bridgehead atoms. The highest BCUT2D eigenvalue weighted by molar-refractivity contribution is 5.91. The molecular formula is C15H11N3O4. The highest BCUT2D eigenvalue weighted by Gasteiger charge is 2.14. The fraction of sp³-hybridized carbons (Fsp3) is 0.0667. The number of nitriles is 1. The summed E-state index contributed by atoms with van der Waals surface area (Å²) in [6.07, 6.45) is 0. The number of nitro groups is 1. The molecule has 110 valence electrons. The van der Waals surface area contributed by atoms with Gasteiger partial charge in [0, 0.05) is 11.8 Å². The zero-order chi connectivity index (χ0) is 15.9. The number of nitrogens with one attached hydrogen (secondary N) is 1. The molecule has 2 rings (SSSR count). The normalized spacial score (nSPS) is 9.59. The first kappa shape index (κ1) is 15.0. The summed E-state index contributed by atoms with van der Waals surface area (Å²) < 4.78 is 5.17. The molecule has 0 aromatic heterocycles. The minimum Gasteiger partial charge on any atom is -0.477 e. The number of hydrogen-bond acceptors (Lipinski definition) is 5. The maximum absolute atomic E-state index is 11.8. The lowest BCUT2D eigenvalue weighted by Gasteiger charge is -2.07. The molecule has 2 aromatic carbocycles. The topological polar surface area (TPSA) is 105 Å². The minimum atomic E-state index is -0.576. The summed E-state index contributed by atoms with van der Waals surface area (Å²) in [4.78, 5) is 22.0. The van der Waals surface area contributed by atoms with Gasteiger partial charge < -0.3 is 10.1 Å². The summed E-state index contributed by atoms with van der Waals surface area (Å²) in [6.45, 7) is -0.356. The third-order valence-electron chi connectivity index (χ3n) is 2.72. The van der Waals surface area contributed by atoms with Gasteiger partial charge in [0.2, 0.25) is 0 Å². The van der Waals surface area contributed by atoms with Crippen molar-refractivity contribution in [1.82, 2.24) is 0 Å². The fourth-order valence-electron chi connectivity index (χ4n) is 1.70. The van der Waals surface area contributed by atoms with E-state index in [9.17, 15) is 14.9 Å². The van der Waals surface area contributed by atoms with Crippen molar-refractivity contribution in [1.29, 1.82) is 5.26 Å². The number of carbonyl (C=O) groups is 1.